The molecular weight excluding hydrogens is 305 g/mol. The van der Waals surface area contributed by atoms with Gasteiger partial charge in [-0.2, -0.15) is 0 Å². The molecule has 0 amide bonds. The van der Waals surface area contributed by atoms with E-state index in [1.54, 1.807) is 0 Å². The first-order chi connectivity index (χ1) is 10.4. The van der Waals surface area contributed by atoms with E-state index in [9.17, 15) is 14.3 Å². The van der Waals surface area contributed by atoms with Gasteiger partial charge >= 0.3 is 5.97 Å². The van der Waals surface area contributed by atoms with Gasteiger partial charge in [0.15, 0.2) is 11.6 Å². The predicted molar refractivity (Wildman–Crippen MR) is 88.0 cm³/mol. The SMILES string of the molecule is CCCCC(CC)(CSc1cc(OC)c(F)cc1N)C(=O)O. The maximum absolute atomic E-state index is 13.6. The van der Waals surface area contributed by atoms with Gasteiger partial charge in [0.1, 0.15) is 0 Å². The molecule has 1 atom stereocenters. The molecule has 0 aromatic heterocycles. The molecule has 1 aromatic carbocycles. The quantitative estimate of drug-likeness (QED) is 0.525. The third-order valence-electron chi connectivity index (χ3n) is 3.93. The standard InChI is InChI=1S/C16H24FNO3S/c1-4-6-7-16(5-2,15(19)20)10-22-14-9-13(21-3)11(17)8-12(14)18/h8-9H,4-7,10,18H2,1-3H3,(H,19,20). The average molecular weight is 329 g/mol. The topological polar surface area (TPSA) is 72.5 Å². The van der Waals surface area contributed by atoms with Gasteiger partial charge < -0.3 is 15.6 Å². The molecule has 4 nitrogen and oxygen atoms in total. The zero-order valence-electron chi connectivity index (χ0n) is 13.3. The van der Waals surface area contributed by atoms with Crippen molar-refractivity contribution in [3.63, 3.8) is 0 Å². The van der Waals surface area contributed by atoms with Gasteiger partial charge in [0.2, 0.25) is 0 Å². The zero-order chi connectivity index (χ0) is 16.8. The van der Waals surface area contributed by atoms with Crippen molar-refractivity contribution >= 4 is 23.4 Å². The van der Waals surface area contributed by atoms with Crippen molar-refractivity contribution in [2.45, 2.75) is 44.4 Å². The summed E-state index contributed by atoms with van der Waals surface area (Å²) in [7, 11) is 1.39. The van der Waals surface area contributed by atoms with Crippen LogP contribution in [0, 0.1) is 11.2 Å². The van der Waals surface area contributed by atoms with Crippen LogP contribution < -0.4 is 10.5 Å². The largest absolute Gasteiger partial charge is 0.494 e. The molecule has 0 aliphatic heterocycles. The molecule has 1 unspecified atom stereocenters. The molecule has 0 fully saturated rings. The highest BCUT2D eigenvalue weighted by Crippen LogP contribution is 2.39. The van der Waals surface area contributed by atoms with E-state index in [4.69, 9.17) is 10.5 Å². The molecule has 0 saturated heterocycles. The number of hydrogen-bond acceptors (Lipinski definition) is 4. The van der Waals surface area contributed by atoms with Crippen molar-refractivity contribution in [1.82, 2.24) is 0 Å². The van der Waals surface area contributed by atoms with Gasteiger partial charge in [0.05, 0.1) is 12.5 Å². The van der Waals surface area contributed by atoms with Gasteiger partial charge in [-0.3, -0.25) is 4.79 Å². The number of anilines is 1. The van der Waals surface area contributed by atoms with Crippen molar-refractivity contribution in [2.24, 2.45) is 5.41 Å². The Balaban J connectivity index is 2.95. The van der Waals surface area contributed by atoms with Crippen LogP contribution in [0.2, 0.25) is 0 Å². The average Bonchev–Trinajstić information content (AvgIpc) is 2.49. The number of rotatable bonds is 9. The number of carbonyl (C=O) groups is 1. The Labute approximate surface area is 135 Å². The third kappa shape index (κ3) is 4.29. The Morgan fingerprint density at radius 1 is 1.45 bits per heavy atom. The molecule has 0 bridgehead atoms. The van der Waals surface area contributed by atoms with Crippen LogP contribution >= 0.6 is 11.8 Å². The molecule has 0 saturated carbocycles. The van der Waals surface area contributed by atoms with Crippen molar-refractivity contribution in [2.75, 3.05) is 18.6 Å². The molecule has 0 heterocycles. The van der Waals surface area contributed by atoms with Crippen LogP contribution in [0.5, 0.6) is 5.75 Å². The van der Waals surface area contributed by atoms with E-state index in [2.05, 4.69) is 0 Å². The summed E-state index contributed by atoms with van der Waals surface area (Å²) in [5, 5.41) is 9.61. The van der Waals surface area contributed by atoms with Crippen molar-refractivity contribution in [3.05, 3.63) is 17.9 Å². The number of carboxylic acid groups (broad SMARTS) is 1. The number of thioether (sulfide) groups is 1. The van der Waals surface area contributed by atoms with Crippen LogP contribution in [-0.4, -0.2) is 23.9 Å². The van der Waals surface area contributed by atoms with Crippen molar-refractivity contribution in [1.29, 1.82) is 0 Å². The third-order valence-corrected chi connectivity index (χ3v) is 5.29. The zero-order valence-corrected chi connectivity index (χ0v) is 14.1. The second-order valence-corrected chi connectivity index (χ2v) is 6.37. The lowest BCUT2D eigenvalue weighted by molar-refractivity contribution is -0.148. The molecule has 0 aliphatic carbocycles. The molecular formula is C16H24FNO3S. The van der Waals surface area contributed by atoms with Gasteiger partial charge in [-0.05, 0) is 18.9 Å². The second-order valence-electron chi connectivity index (χ2n) is 5.36. The number of benzene rings is 1. The van der Waals surface area contributed by atoms with Crippen LogP contribution in [0.25, 0.3) is 0 Å². The summed E-state index contributed by atoms with van der Waals surface area (Å²) in [5.41, 5.74) is 5.35. The van der Waals surface area contributed by atoms with E-state index in [1.165, 1.54) is 31.0 Å². The molecule has 124 valence electrons. The Morgan fingerprint density at radius 2 is 2.14 bits per heavy atom. The molecule has 0 aliphatic rings. The number of methoxy groups -OCH3 is 1. The Hall–Kier alpha value is -1.43. The molecule has 22 heavy (non-hydrogen) atoms. The van der Waals surface area contributed by atoms with E-state index in [-0.39, 0.29) is 5.75 Å². The van der Waals surface area contributed by atoms with Gasteiger partial charge in [0, 0.05) is 22.4 Å². The summed E-state index contributed by atoms with van der Waals surface area (Å²) in [5.74, 6) is -0.792. The summed E-state index contributed by atoms with van der Waals surface area (Å²) in [6, 6.07) is 2.74. The minimum absolute atomic E-state index is 0.114. The highest BCUT2D eigenvalue weighted by Gasteiger charge is 2.36. The maximum atomic E-state index is 13.6. The van der Waals surface area contributed by atoms with Crippen LogP contribution in [-0.2, 0) is 4.79 Å². The number of nitrogens with two attached hydrogens (primary N) is 1. The Morgan fingerprint density at radius 3 is 2.64 bits per heavy atom. The molecule has 3 N–H and O–H groups in total. The fourth-order valence-corrected chi connectivity index (χ4v) is 3.55. The fourth-order valence-electron chi connectivity index (χ4n) is 2.23. The Bertz CT molecular complexity index is 524. The van der Waals surface area contributed by atoms with Gasteiger partial charge in [-0.15, -0.1) is 11.8 Å². The molecule has 1 rings (SSSR count). The minimum Gasteiger partial charge on any atom is -0.494 e. The molecule has 1 aromatic rings. The highest BCUT2D eigenvalue weighted by molar-refractivity contribution is 7.99. The lowest BCUT2D eigenvalue weighted by Gasteiger charge is -2.28. The Kier molecular flexibility index (Phi) is 7.00. The molecule has 0 spiro atoms. The summed E-state index contributed by atoms with van der Waals surface area (Å²) in [4.78, 5) is 12.4. The van der Waals surface area contributed by atoms with E-state index < -0.39 is 17.2 Å². The van der Waals surface area contributed by atoms with E-state index in [1.807, 2.05) is 13.8 Å². The summed E-state index contributed by atoms with van der Waals surface area (Å²) in [6.07, 6.45) is 2.99. The van der Waals surface area contributed by atoms with Gasteiger partial charge in [-0.1, -0.05) is 26.7 Å². The van der Waals surface area contributed by atoms with Crippen LogP contribution in [0.3, 0.4) is 0 Å². The number of carboxylic acids is 1. The van der Waals surface area contributed by atoms with Crippen LogP contribution in [0.4, 0.5) is 10.1 Å². The lowest BCUT2D eigenvalue weighted by Crippen LogP contribution is -2.33. The first-order valence-corrected chi connectivity index (χ1v) is 8.38. The van der Waals surface area contributed by atoms with Gasteiger partial charge in [-0.25, -0.2) is 4.39 Å². The first kappa shape index (κ1) is 18.6. The smallest absolute Gasteiger partial charge is 0.310 e. The number of hydrogen-bond donors (Lipinski definition) is 2. The fraction of sp³-hybridized carbons (Fsp3) is 0.562. The summed E-state index contributed by atoms with van der Waals surface area (Å²) < 4.78 is 18.5. The number of aliphatic carboxylic acids is 1. The van der Waals surface area contributed by atoms with Crippen LogP contribution in [0.1, 0.15) is 39.5 Å². The van der Waals surface area contributed by atoms with Crippen molar-refractivity contribution in [3.8, 4) is 5.75 Å². The number of halogens is 1. The number of nitrogen functional groups attached to an aromatic ring is 1. The van der Waals surface area contributed by atoms with Gasteiger partial charge in [0.25, 0.3) is 0 Å². The summed E-state index contributed by atoms with van der Waals surface area (Å²) >= 11 is 1.34. The van der Waals surface area contributed by atoms with Crippen LogP contribution in [0.15, 0.2) is 17.0 Å². The van der Waals surface area contributed by atoms with E-state index >= 15 is 0 Å². The number of ether oxygens (including phenoxy) is 1. The monoisotopic (exact) mass is 329 g/mol. The second kappa shape index (κ2) is 8.27. The minimum atomic E-state index is -0.788. The molecule has 0 radical (unpaired) electrons. The highest BCUT2D eigenvalue weighted by atomic mass is 32.2. The lowest BCUT2D eigenvalue weighted by atomic mass is 9.82. The number of unbranched alkanes of at least 4 members (excludes halogenated alkanes) is 1. The normalized spacial score (nSPS) is 13.6. The first-order valence-electron chi connectivity index (χ1n) is 7.39. The molecule has 6 heteroatoms. The van der Waals surface area contributed by atoms with E-state index in [0.29, 0.717) is 29.2 Å². The van der Waals surface area contributed by atoms with Crippen molar-refractivity contribution < 1.29 is 19.0 Å². The van der Waals surface area contributed by atoms with E-state index in [0.717, 1.165) is 12.8 Å². The summed E-state index contributed by atoms with van der Waals surface area (Å²) in [6.45, 7) is 3.93. The maximum Gasteiger partial charge on any atom is 0.310 e. The predicted octanol–water partition coefficient (Wildman–Crippen LogP) is 4.18.